The number of hydrogen-bond donors (Lipinski definition) is 0. The Balaban J connectivity index is 1.01. The molecule has 0 aliphatic heterocycles. The minimum Gasteiger partial charge on any atom is -0.294 e. The van der Waals surface area contributed by atoms with E-state index in [0.29, 0.717) is 0 Å². The molecule has 0 fully saturated rings. The summed E-state index contributed by atoms with van der Waals surface area (Å²) >= 11 is 0. The van der Waals surface area contributed by atoms with Crippen molar-refractivity contribution in [2.45, 2.75) is 0 Å². The highest BCUT2D eigenvalue weighted by Crippen LogP contribution is 2.42. The highest BCUT2D eigenvalue weighted by atomic mass is 15.1. The average Bonchev–Trinajstić information content (AvgIpc) is 3.95. The van der Waals surface area contributed by atoms with Crippen molar-refractivity contribution >= 4 is 43.6 Å². The maximum Gasteiger partial charge on any atom is 0.138 e. The van der Waals surface area contributed by atoms with Crippen LogP contribution < -0.4 is 0 Å². The normalized spacial score (nSPS) is 11.5. The molecule has 6 aromatic heterocycles. The van der Waals surface area contributed by atoms with E-state index >= 15 is 0 Å². The summed E-state index contributed by atoms with van der Waals surface area (Å²) in [5.74, 6) is 1.62. The van der Waals surface area contributed by atoms with Crippen LogP contribution in [0.2, 0.25) is 0 Å². The summed E-state index contributed by atoms with van der Waals surface area (Å²) in [5.41, 5.74) is 15.8. The van der Waals surface area contributed by atoms with E-state index in [0.717, 1.165) is 123 Å². The summed E-state index contributed by atoms with van der Waals surface area (Å²) < 4.78 is 4.63. The lowest BCUT2D eigenvalue weighted by atomic mass is 10.0. The number of aromatic nitrogens is 6. The molecule has 68 heavy (non-hydrogen) atoms. The summed E-state index contributed by atoms with van der Waals surface area (Å²) in [6.45, 7) is 0. The number of nitrogens with zero attached hydrogens (tertiary/aromatic N) is 6. The summed E-state index contributed by atoms with van der Waals surface area (Å²) in [4.78, 5) is 21.4. The zero-order valence-electron chi connectivity index (χ0n) is 36.8. The molecular formula is C62H40N6. The molecule has 0 amide bonds. The zero-order chi connectivity index (χ0) is 45.0. The van der Waals surface area contributed by atoms with Gasteiger partial charge in [-0.15, -0.1) is 0 Å². The minimum atomic E-state index is 0.791. The van der Waals surface area contributed by atoms with E-state index < -0.39 is 0 Å². The molecule has 13 aromatic rings. The molecule has 13 rings (SSSR count). The maximum atomic E-state index is 5.48. The molecule has 0 unspecified atom stereocenters. The summed E-state index contributed by atoms with van der Waals surface area (Å²) in [5, 5.41) is 4.55. The van der Waals surface area contributed by atoms with Gasteiger partial charge in [0.05, 0.1) is 56.2 Å². The molecule has 318 valence electrons. The average molecular weight is 869 g/mol. The summed E-state index contributed by atoms with van der Waals surface area (Å²) in [6, 6.07) is 84.7. The van der Waals surface area contributed by atoms with E-state index in [1.54, 1.807) is 0 Å². The Morgan fingerprint density at radius 1 is 0.235 bits per heavy atom. The molecular weight excluding hydrogens is 829 g/mol. The lowest BCUT2D eigenvalue weighted by Gasteiger charge is -2.13. The van der Waals surface area contributed by atoms with Crippen LogP contribution in [0.4, 0.5) is 0 Å². The van der Waals surface area contributed by atoms with Crippen LogP contribution in [0.25, 0.3) is 123 Å². The van der Waals surface area contributed by atoms with Crippen LogP contribution in [-0.2, 0) is 0 Å². The van der Waals surface area contributed by atoms with Crippen LogP contribution in [0, 0.1) is 0 Å². The Labute approximate surface area is 392 Å². The Bertz CT molecular complexity index is 3890. The van der Waals surface area contributed by atoms with Crippen molar-refractivity contribution in [2.24, 2.45) is 0 Å². The first-order chi connectivity index (χ1) is 33.7. The monoisotopic (exact) mass is 868 g/mol. The van der Waals surface area contributed by atoms with Gasteiger partial charge in [-0.1, -0.05) is 176 Å². The second kappa shape index (κ2) is 16.3. The smallest absolute Gasteiger partial charge is 0.138 e. The number of benzene rings is 7. The number of rotatable bonds is 8. The van der Waals surface area contributed by atoms with Crippen molar-refractivity contribution in [2.75, 3.05) is 0 Å². The van der Waals surface area contributed by atoms with Crippen molar-refractivity contribution in [3.63, 3.8) is 0 Å². The van der Waals surface area contributed by atoms with Crippen molar-refractivity contribution < 1.29 is 0 Å². The standard InChI is InChI=1S/C62H40N6/c1-5-19-41(20-6-1)45-37-52(43-23-9-3-10-24-43)63-54(39-45)50-29-17-33-59(65-50)67-57-32-16-14-28-49(57)61-58(67)36-35-48-47-27-13-15-31-56(47)68(62(48)61)60-34-18-30-51(66-60)55-40-46(42-21-7-2-8-22-42)38-53(64-55)44-25-11-4-12-26-44/h1-40H. The predicted molar refractivity (Wildman–Crippen MR) is 279 cm³/mol. The van der Waals surface area contributed by atoms with Gasteiger partial charge in [-0.25, -0.2) is 19.9 Å². The number of fused-ring (bicyclic) bond motifs is 7. The second-order valence-electron chi connectivity index (χ2n) is 17.0. The van der Waals surface area contributed by atoms with Crippen LogP contribution in [-0.4, -0.2) is 29.1 Å². The van der Waals surface area contributed by atoms with Crippen LogP contribution in [0.15, 0.2) is 243 Å². The first-order valence-corrected chi connectivity index (χ1v) is 22.9. The first-order valence-electron chi connectivity index (χ1n) is 22.9. The molecule has 0 atom stereocenters. The van der Waals surface area contributed by atoms with E-state index in [2.05, 4.69) is 228 Å². The fourth-order valence-corrected chi connectivity index (χ4v) is 9.81. The molecule has 0 N–H and O–H groups in total. The van der Waals surface area contributed by atoms with E-state index in [-0.39, 0.29) is 0 Å². The van der Waals surface area contributed by atoms with Crippen LogP contribution in [0.3, 0.4) is 0 Å². The fourth-order valence-electron chi connectivity index (χ4n) is 9.81. The van der Waals surface area contributed by atoms with Gasteiger partial charge < -0.3 is 0 Å². The lowest BCUT2D eigenvalue weighted by Crippen LogP contribution is -2.01. The SMILES string of the molecule is c1ccc(-c2cc(-c3ccccc3)nc(-c3cccc(-n4c5ccccc5c5c4ccc4c6ccccc6n(-c6cccc(-c7cc(-c8ccccc8)cc(-c8ccccc8)n7)n6)c45)n3)c2)cc1. The third kappa shape index (κ3) is 6.74. The van der Waals surface area contributed by atoms with Gasteiger partial charge in [0.2, 0.25) is 0 Å². The molecule has 0 saturated carbocycles. The number of hydrogen-bond acceptors (Lipinski definition) is 4. The molecule has 0 spiro atoms. The highest BCUT2D eigenvalue weighted by molar-refractivity contribution is 6.26. The second-order valence-corrected chi connectivity index (χ2v) is 17.0. The van der Waals surface area contributed by atoms with Crippen molar-refractivity contribution in [3.05, 3.63) is 243 Å². The minimum absolute atomic E-state index is 0.791. The Morgan fingerprint density at radius 2 is 0.662 bits per heavy atom. The number of pyridine rings is 4. The van der Waals surface area contributed by atoms with Crippen LogP contribution in [0.1, 0.15) is 0 Å². The molecule has 7 aromatic carbocycles. The summed E-state index contributed by atoms with van der Waals surface area (Å²) in [6.07, 6.45) is 0. The molecule has 0 bridgehead atoms. The van der Waals surface area contributed by atoms with E-state index in [9.17, 15) is 0 Å². The third-order valence-corrected chi connectivity index (χ3v) is 12.9. The van der Waals surface area contributed by atoms with Gasteiger partial charge in [0.1, 0.15) is 11.6 Å². The van der Waals surface area contributed by atoms with Gasteiger partial charge >= 0.3 is 0 Å². The van der Waals surface area contributed by atoms with Crippen LogP contribution in [0.5, 0.6) is 0 Å². The molecule has 0 aliphatic carbocycles. The molecule has 6 nitrogen and oxygen atoms in total. The van der Waals surface area contributed by atoms with Crippen molar-refractivity contribution in [1.82, 2.24) is 29.1 Å². The predicted octanol–water partition coefficient (Wildman–Crippen LogP) is 15.5. The number of para-hydroxylation sites is 2. The van der Waals surface area contributed by atoms with Gasteiger partial charge in [0.25, 0.3) is 0 Å². The topological polar surface area (TPSA) is 61.4 Å². The van der Waals surface area contributed by atoms with Gasteiger partial charge in [-0.3, -0.25) is 9.13 Å². The highest BCUT2D eigenvalue weighted by Gasteiger charge is 2.23. The quantitative estimate of drug-likeness (QED) is 0.153. The van der Waals surface area contributed by atoms with Crippen molar-refractivity contribution in [1.29, 1.82) is 0 Å². The van der Waals surface area contributed by atoms with E-state index in [1.807, 2.05) is 24.3 Å². The molecule has 0 saturated heterocycles. The Morgan fingerprint density at radius 3 is 1.19 bits per heavy atom. The Hall–Kier alpha value is -9.26. The lowest BCUT2D eigenvalue weighted by molar-refractivity contribution is 1.07. The molecule has 0 aliphatic rings. The van der Waals surface area contributed by atoms with Gasteiger partial charge in [-0.2, -0.15) is 0 Å². The molecule has 0 radical (unpaired) electrons. The fraction of sp³-hybridized carbons (Fsp3) is 0. The van der Waals surface area contributed by atoms with E-state index in [4.69, 9.17) is 19.9 Å². The molecule has 6 heteroatoms. The maximum absolute atomic E-state index is 5.48. The first kappa shape index (κ1) is 39.1. The summed E-state index contributed by atoms with van der Waals surface area (Å²) in [7, 11) is 0. The van der Waals surface area contributed by atoms with Gasteiger partial charge in [-0.05, 0) is 89.0 Å². The van der Waals surface area contributed by atoms with Crippen LogP contribution >= 0.6 is 0 Å². The third-order valence-electron chi connectivity index (χ3n) is 12.9. The van der Waals surface area contributed by atoms with Gasteiger partial charge in [0.15, 0.2) is 0 Å². The van der Waals surface area contributed by atoms with Crippen molar-refractivity contribution in [3.8, 4) is 79.2 Å². The van der Waals surface area contributed by atoms with E-state index in [1.165, 1.54) is 0 Å². The zero-order valence-corrected chi connectivity index (χ0v) is 36.8. The van der Waals surface area contributed by atoms with Gasteiger partial charge in [0, 0.05) is 32.7 Å². The largest absolute Gasteiger partial charge is 0.294 e. The molecule has 6 heterocycles. The Kier molecular flexibility index (Phi) is 9.39.